The van der Waals surface area contributed by atoms with Crippen molar-refractivity contribution in [3.8, 4) is 0 Å². The van der Waals surface area contributed by atoms with Gasteiger partial charge in [-0.25, -0.2) is 8.42 Å². The standard InChI is InChI=1S/C17H21NO4S/c1-12(13-6-4-3-5-7-13)11-23(21,22)17(2)15-9-8-14(10-15)16(17)18(19)20/h3-9,12,14-16H,10-11H2,1-2H3/t12-,14+,15-,16+,17-/m1/s1. The molecule has 1 fully saturated rings. The molecule has 124 valence electrons. The monoisotopic (exact) mass is 335 g/mol. The summed E-state index contributed by atoms with van der Waals surface area (Å²) in [5, 5.41) is 11.5. The van der Waals surface area contributed by atoms with Crippen LogP contribution in [0.2, 0.25) is 0 Å². The van der Waals surface area contributed by atoms with Crippen molar-refractivity contribution >= 4 is 9.84 Å². The van der Waals surface area contributed by atoms with E-state index >= 15 is 0 Å². The molecule has 23 heavy (non-hydrogen) atoms. The predicted molar refractivity (Wildman–Crippen MR) is 88.6 cm³/mol. The number of benzene rings is 1. The molecule has 0 radical (unpaired) electrons. The SMILES string of the molecule is C[C@H](CS(=O)(=O)[C@]1(C)[C@@H]2C=C[C@@H](C2)[C@@H]1[N+](=O)[O-])c1ccccc1. The van der Waals surface area contributed by atoms with Crippen LogP contribution in [0.25, 0.3) is 0 Å². The fourth-order valence-corrected chi connectivity index (χ4v) is 6.67. The number of allylic oxidation sites excluding steroid dienone is 1. The summed E-state index contributed by atoms with van der Waals surface area (Å²) < 4.78 is 24.9. The van der Waals surface area contributed by atoms with Gasteiger partial charge in [-0.2, -0.15) is 0 Å². The van der Waals surface area contributed by atoms with Gasteiger partial charge in [0.25, 0.3) is 0 Å². The summed E-state index contributed by atoms with van der Waals surface area (Å²) in [6, 6.07) is 8.39. The Morgan fingerprint density at radius 2 is 1.96 bits per heavy atom. The van der Waals surface area contributed by atoms with Crippen LogP contribution in [0.5, 0.6) is 0 Å². The Bertz CT molecular complexity index is 743. The van der Waals surface area contributed by atoms with E-state index in [0.717, 1.165) is 5.56 Å². The van der Waals surface area contributed by atoms with Gasteiger partial charge in [0.05, 0.1) is 5.75 Å². The minimum Gasteiger partial charge on any atom is -0.264 e. The lowest BCUT2D eigenvalue weighted by Gasteiger charge is -2.33. The Hall–Kier alpha value is -1.69. The molecule has 2 aliphatic rings. The van der Waals surface area contributed by atoms with Gasteiger partial charge in [0.15, 0.2) is 9.84 Å². The Morgan fingerprint density at radius 1 is 1.30 bits per heavy atom. The van der Waals surface area contributed by atoms with E-state index in [1.54, 1.807) is 6.92 Å². The number of hydrogen-bond donors (Lipinski definition) is 0. The van der Waals surface area contributed by atoms with E-state index < -0.39 is 20.6 Å². The maximum absolute atomic E-state index is 13.1. The molecule has 2 aliphatic carbocycles. The van der Waals surface area contributed by atoms with Crippen molar-refractivity contribution in [2.45, 2.75) is 37.0 Å². The molecule has 0 unspecified atom stereocenters. The van der Waals surface area contributed by atoms with Gasteiger partial charge in [0.2, 0.25) is 6.04 Å². The lowest BCUT2D eigenvalue weighted by Crippen LogP contribution is -2.54. The van der Waals surface area contributed by atoms with Crippen molar-refractivity contribution in [1.29, 1.82) is 0 Å². The summed E-state index contributed by atoms with van der Waals surface area (Å²) in [7, 11) is -3.62. The molecule has 0 amide bonds. The molecule has 2 bridgehead atoms. The molecule has 0 N–H and O–H groups in total. The molecule has 6 heteroatoms. The van der Waals surface area contributed by atoms with Crippen molar-refractivity contribution in [2.24, 2.45) is 11.8 Å². The molecule has 0 saturated heterocycles. The van der Waals surface area contributed by atoms with Crippen molar-refractivity contribution in [2.75, 3.05) is 5.75 Å². The molecular formula is C17H21NO4S. The highest BCUT2D eigenvalue weighted by Gasteiger charge is 2.66. The van der Waals surface area contributed by atoms with E-state index in [1.807, 2.05) is 49.4 Å². The second-order valence-corrected chi connectivity index (χ2v) is 9.34. The van der Waals surface area contributed by atoms with Crippen LogP contribution in [0.3, 0.4) is 0 Å². The number of sulfone groups is 1. The highest BCUT2D eigenvalue weighted by Crippen LogP contribution is 2.52. The van der Waals surface area contributed by atoms with Crippen molar-refractivity contribution in [3.05, 3.63) is 58.2 Å². The summed E-state index contributed by atoms with van der Waals surface area (Å²) in [4.78, 5) is 11.1. The zero-order valence-electron chi connectivity index (χ0n) is 13.3. The van der Waals surface area contributed by atoms with Gasteiger partial charge < -0.3 is 0 Å². The third-order valence-corrected chi connectivity index (χ3v) is 8.40. The van der Waals surface area contributed by atoms with Crippen molar-refractivity contribution < 1.29 is 13.3 Å². The number of nitrogens with zero attached hydrogens (tertiary/aromatic N) is 1. The maximum Gasteiger partial charge on any atom is 0.239 e. The minimum absolute atomic E-state index is 0.0606. The van der Waals surface area contributed by atoms with Crippen LogP contribution in [0.4, 0.5) is 0 Å². The van der Waals surface area contributed by atoms with Crippen LogP contribution in [0.1, 0.15) is 31.7 Å². The van der Waals surface area contributed by atoms with Gasteiger partial charge in [0.1, 0.15) is 4.75 Å². The van der Waals surface area contributed by atoms with Gasteiger partial charge in [-0.1, -0.05) is 49.4 Å². The smallest absolute Gasteiger partial charge is 0.239 e. The quantitative estimate of drug-likeness (QED) is 0.471. The Morgan fingerprint density at radius 3 is 2.57 bits per heavy atom. The molecule has 0 heterocycles. The van der Waals surface area contributed by atoms with Crippen molar-refractivity contribution in [1.82, 2.24) is 0 Å². The summed E-state index contributed by atoms with van der Waals surface area (Å²) in [5.74, 6) is -0.763. The molecule has 0 aromatic heterocycles. The molecule has 0 spiro atoms. The van der Waals surface area contributed by atoms with E-state index in [9.17, 15) is 18.5 Å². The zero-order valence-corrected chi connectivity index (χ0v) is 14.1. The van der Waals surface area contributed by atoms with Gasteiger partial charge in [-0.3, -0.25) is 10.1 Å². The second-order valence-electron chi connectivity index (χ2n) is 6.90. The van der Waals surface area contributed by atoms with Crippen LogP contribution in [-0.4, -0.2) is 29.9 Å². The third-order valence-electron chi connectivity index (χ3n) is 5.58. The van der Waals surface area contributed by atoms with E-state index in [4.69, 9.17) is 0 Å². The zero-order chi connectivity index (χ0) is 16.8. The van der Waals surface area contributed by atoms with Crippen LogP contribution >= 0.6 is 0 Å². The molecule has 5 atom stereocenters. The normalized spacial score (nSPS) is 33.7. The van der Waals surface area contributed by atoms with Crippen LogP contribution in [0.15, 0.2) is 42.5 Å². The van der Waals surface area contributed by atoms with E-state index in [-0.39, 0.29) is 28.4 Å². The topological polar surface area (TPSA) is 77.3 Å². The Labute approximate surface area is 136 Å². The fourth-order valence-electron chi connectivity index (χ4n) is 4.20. The first-order valence-electron chi connectivity index (χ1n) is 7.86. The van der Waals surface area contributed by atoms with Gasteiger partial charge in [-0.05, 0) is 24.8 Å². The lowest BCUT2D eigenvalue weighted by molar-refractivity contribution is -0.531. The molecule has 1 saturated carbocycles. The first-order chi connectivity index (χ1) is 10.8. The van der Waals surface area contributed by atoms with Crippen LogP contribution in [0, 0.1) is 22.0 Å². The first-order valence-corrected chi connectivity index (χ1v) is 9.51. The lowest BCUT2D eigenvalue weighted by atomic mass is 9.90. The first kappa shape index (κ1) is 16.2. The number of nitro groups is 1. The fraction of sp³-hybridized carbons (Fsp3) is 0.529. The van der Waals surface area contributed by atoms with Crippen LogP contribution in [-0.2, 0) is 9.84 Å². The van der Waals surface area contributed by atoms with Gasteiger partial charge >= 0.3 is 0 Å². The average Bonchev–Trinajstić information content (AvgIpc) is 3.07. The third kappa shape index (κ3) is 2.40. The van der Waals surface area contributed by atoms with Gasteiger partial charge in [-0.15, -0.1) is 0 Å². The summed E-state index contributed by atoms with van der Waals surface area (Å²) in [5.41, 5.74) is 0.941. The van der Waals surface area contributed by atoms with E-state index in [2.05, 4.69) is 0 Å². The summed E-state index contributed by atoms with van der Waals surface area (Å²) >= 11 is 0. The molecule has 1 aromatic rings. The highest BCUT2D eigenvalue weighted by molar-refractivity contribution is 7.92. The Balaban J connectivity index is 1.92. The molecule has 5 nitrogen and oxygen atoms in total. The number of rotatable bonds is 5. The highest BCUT2D eigenvalue weighted by atomic mass is 32.2. The molecular weight excluding hydrogens is 314 g/mol. The molecule has 1 aromatic carbocycles. The maximum atomic E-state index is 13.1. The molecule has 0 aliphatic heterocycles. The average molecular weight is 335 g/mol. The van der Waals surface area contributed by atoms with Crippen LogP contribution < -0.4 is 0 Å². The number of fused-ring (bicyclic) bond motifs is 2. The summed E-state index contributed by atoms with van der Waals surface area (Å²) in [6.07, 6.45) is 4.24. The van der Waals surface area contributed by atoms with E-state index in [0.29, 0.717) is 6.42 Å². The largest absolute Gasteiger partial charge is 0.264 e. The number of hydrogen-bond acceptors (Lipinski definition) is 4. The minimum atomic E-state index is -3.62. The van der Waals surface area contributed by atoms with E-state index in [1.165, 1.54) is 0 Å². The second kappa shape index (κ2) is 5.44. The molecule has 3 rings (SSSR count). The predicted octanol–water partition coefficient (Wildman–Crippen LogP) is 2.81. The Kier molecular flexibility index (Phi) is 3.83. The van der Waals surface area contributed by atoms with Crippen molar-refractivity contribution in [3.63, 3.8) is 0 Å². The summed E-state index contributed by atoms with van der Waals surface area (Å²) in [6.45, 7) is 3.43. The van der Waals surface area contributed by atoms with Gasteiger partial charge in [0, 0.05) is 16.8 Å².